The fourth-order valence-corrected chi connectivity index (χ4v) is 1.98. The molecule has 1 heterocycles. The van der Waals surface area contributed by atoms with Crippen molar-refractivity contribution in [1.29, 1.82) is 0 Å². The van der Waals surface area contributed by atoms with Crippen molar-refractivity contribution in [3.05, 3.63) is 16.1 Å². The number of aromatic nitrogens is 1. The highest BCUT2D eigenvalue weighted by molar-refractivity contribution is 7.11. The molecule has 0 atom stereocenters. The molecule has 1 aromatic heterocycles. The number of primary amides is 1. The molecule has 0 spiro atoms. The van der Waals surface area contributed by atoms with Crippen molar-refractivity contribution in [2.75, 3.05) is 6.54 Å². The lowest BCUT2D eigenvalue weighted by atomic mass is 9.98. The van der Waals surface area contributed by atoms with E-state index in [9.17, 15) is 4.79 Å². The van der Waals surface area contributed by atoms with Gasteiger partial charge in [-0.3, -0.25) is 4.79 Å². The number of carbonyl (C=O) groups excluding carboxylic acids is 1. The van der Waals surface area contributed by atoms with E-state index in [0.29, 0.717) is 6.54 Å². The fraction of sp³-hybridized carbons (Fsp3) is 0.600. The van der Waals surface area contributed by atoms with Gasteiger partial charge in [-0.15, -0.1) is 11.3 Å². The molecule has 0 aliphatic carbocycles. The van der Waals surface area contributed by atoms with Gasteiger partial charge in [-0.2, -0.15) is 0 Å². The van der Waals surface area contributed by atoms with Crippen LogP contribution >= 0.6 is 11.3 Å². The van der Waals surface area contributed by atoms with Crippen molar-refractivity contribution >= 4 is 17.2 Å². The average Bonchev–Trinajstić information content (AvgIpc) is 2.51. The number of hydrogen-bond acceptors (Lipinski definition) is 4. The van der Waals surface area contributed by atoms with Crippen LogP contribution in [0.25, 0.3) is 0 Å². The fourth-order valence-electron chi connectivity index (χ4n) is 1.04. The Hall–Kier alpha value is -0.940. The first-order chi connectivity index (χ1) is 6.89. The Morgan fingerprint density at radius 1 is 1.60 bits per heavy atom. The summed E-state index contributed by atoms with van der Waals surface area (Å²) in [6.07, 6.45) is 1.85. The van der Waals surface area contributed by atoms with Crippen LogP contribution in [0.2, 0.25) is 0 Å². The minimum absolute atomic E-state index is 0.0899. The van der Waals surface area contributed by atoms with Crippen LogP contribution in [0.3, 0.4) is 0 Å². The van der Waals surface area contributed by atoms with Gasteiger partial charge >= 0.3 is 0 Å². The third kappa shape index (κ3) is 3.97. The molecule has 1 amide bonds. The molecule has 0 aliphatic rings. The lowest BCUT2D eigenvalue weighted by molar-refractivity contribution is -0.117. The Bertz CT molecular complexity index is 341. The lowest BCUT2D eigenvalue weighted by Gasteiger charge is -2.13. The van der Waals surface area contributed by atoms with E-state index in [-0.39, 0.29) is 17.9 Å². The van der Waals surface area contributed by atoms with Crippen LogP contribution in [0.4, 0.5) is 0 Å². The van der Waals surface area contributed by atoms with E-state index < -0.39 is 0 Å². The van der Waals surface area contributed by atoms with Crippen LogP contribution < -0.4 is 11.1 Å². The molecule has 4 nitrogen and oxygen atoms in total. The maximum Gasteiger partial charge on any atom is 0.231 e. The summed E-state index contributed by atoms with van der Waals surface area (Å²) in [6.45, 7) is 7.25. The summed E-state index contributed by atoms with van der Waals surface area (Å²) in [5.41, 5.74) is 5.11. The van der Waals surface area contributed by atoms with Gasteiger partial charge in [-0.05, 0) is 0 Å². The van der Waals surface area contributed by atoms with Gasteiger partial charge in [0, 0.05) is 23.0 Å². The minimum Gasteiger partial charge on any atom is -0.369 e. The van der Waals surface area contributed by atoms with E-state index in [0.717, 1.165) is 9.88 Å². The number of amides is 1. The first-order valence-corrected chi connectivity index (χ1v) is 5.65. The van der Waals surface area contributed by atoms with Crippen molar-refractivity contribution in [1.82, 2.24) is 10.3 Å². The summed E-state index contributed by atoms with van der Waals surface area (Å²) in [7, 11) is 0. The van der Waals surface area contributed by atoms with Gasteiger partial charge in [0.05, 0.1) is 11.6 Å². The second-order valence-electron chi connectivity index (χ2n) is 4.45. The van der Waals surface area contributed by atoms with Crippen molar-refractivity contribution in [3.8, 4) is 0 Å². The molecule has 0 radical (unpaired) electrons. The van der Waals surface area contributed by atoms with Crippen LogP contribution in [-0.4, -0.2) is 17.4 Å². The van der Waals surface area contributed by atoms with Crippen LogP contribution in [0.1, 0.15) is 30.7 Å². The standard InChI is InChI=1S/C10H17N3OS/c1-10(2,3)9-13-5-7(15-9)4-12-6-8(11)14/h5,12H,4,6H2,1-3H3,(H2,11,14). The van der Waals surface area contributed by atoms with Gasteiger partial charge in [0.1, 0.15) is 0 Å². The molecule has 0 bridgehead atoms. The monoisotopic (exact) mass is 227 g/mol. The van der Waals surface area contributed by atoms with Gasteiger partial charge in [-0.1, -0.05) is 20.8 Å². The van der Waals surface area contributed by atoms with Gasteiger partial charge in [-0.25, -0.2) is 4.98 Å². The van der Waals surface area contributed by atoms with Crippen molar-refractivity contribution in [2.24, 2.45) is 5.73 Å². The van der Waals surface area contributed by atoms with Crippen molar-refractivity contribution in [2.45, 2.75) is 32.7 Å². The van der Waals surface area contributed by atoms with Crippen molar-refractivity contribution < 1.29 is 4.79 Å². The molecule has 84 valence electrons. The Morgan fingerprint density at radius 2 is 2.27 bits per heavy atom. The number of carbonyl (C=O) groups is 1. The number of rotatable bonds is 4. The van der Waals surface area contributed by atoms with E-state index in [2.05, 4.69) is 31.1 Å². The quantitative estimate of drug-likeness (QED) is 0.807. The largest absolute Gasteiger partial charge is 0.369 e. The van der Waals surface area contributed by atoms with Gasteiger partial charge in [0.15, 0.2) is 0 Å². The molecule has 0 aliphatic heterocycles. The van der Waals surface area contributed by atoms with E-state index in [1.165, 1.54) is 0 Å². The third-order valence-electron chi connectivity index (χ3n) is 1.79. The first kappa shape index (κ1) is 12.1. The minimum atomic E-state index is -0.337. The summed E-state index contributed by atoms with van der Waals surface area (Å²) in [6, 6.07) is 0. The molecule has 0 fully saturated rings. The molecule has 0 saturated carbocycles. The highest BCUT2D eigenvalue weighted by atomic mass is 32.1. The highest BCUT2D eigenvalue weighted by Crippen LogP contribution is 2.26. The topological polar surface area (TPSA) is 68.0 Å². The number of nitrogens with zero attached hydrogens (tertiary/aromatic N) is 1. The van der Waals surface area contributed by atoms with Gasteiger partial charge in [0.2, 0.25) is 5.91 Å². The summed E-state index contributed by atoms with van der Waals surface area (Å²) < 4.78 is 0. The smallest absolute Gasteiger partial charge is 0.231 e. The van der Waals surface area contributed by atoms with E-state index in [1.54, 1.807) is 11.3 Å². The van der Waals surface area contributed by atoms with Crippen LogP contribution in [0.15, 0.2) is 6.20 Å². The zero-order valence-electron chi connectivity index (χ0n) is 9.33. The summed E-state index contributed by atoms with van der Waals surface area (Å²) >= 11 is 1.67. The third-order valence-corrected chi connectivity index (χ3v) is 3.22. The normalized spacial score (nSPS) is 11.7. The predicted octanol–water partition coefficient (Wildman–Crippen LogP) is 1.02. The Balaban J connectivity index is 2.50. The second kappa shape index (κ2) is 4.72. The molecule has 3 N–H and O–H groups in total. The predicted molar refractivity (Wildman–Crippen MR) is 61.7 cm³/mol. The number of nitrogens with one attached hydrogen (secondary N) is 1. The molecule has 5 heteroatoms. The average molecular weight is 227 g/mol. The molecule has 1 aromatic rings. The van der Waals surface area contributed by atoms with Gasteiger partial charge in [0.25, 0.3) is 0 Å². The number of hydrogen-bond donors (Lipinski definition) is 2. The SMILES string of the molecule is CC(C)(C)c1ncc(CNCC(N)=O)s1. The molecule has 0 saturated heterocycles. The number of thiazole rings is 1. The van der Waals surface area contributed by atoms with Crippen LogP contribution in [0.5, 0.6) is 0 Å². The highest BCUT2D eigenvalue weighted by Gasteiger charge is 2.17. The van der Waals surface area contributed by atoms with Crippen LogP contribution in [-0.2, 0) is 16.8 Å². The number of nitrogens with two attached hydrogens (primary N) is 1. The van der Waals surface area contributed by atoms with Gasteiger partial charge < -0.3 is 11.1 Å². The summed E-state index contributed by atoms with van der Waals surface area (Å²) in [5, 5.41) is 4.07. The van der Waals surface area contributed by atoms with E-state index in [1.807, 2.05) is 6.20 Å². The summed E-state index contributed by atoms with van der Waals surface area (Å²) in [4.78, 5) is 16.0. The maximum atomic E-state index is 10.5. The zero-order chi connectivity index (χ0) is 11.5. The molecular formula is C10H17N3OS. The molecule has 15 heavy (non-hydrogen) atoms. The Morgan fingerprint density at radius 3 is 2.73 bits per heavy atom. The second-order valence-corrected chi connectivity index (χ2v) is 5.57. The zero-order valence-corrected chi connectivity index (χ0v) is 10.1. The summed E-state index contributed by atoms with van der Waals surface area (Å²) in [5.74, 6) is -0.337. The molecule has 0 aromatic carbocycles. The van der Waals surface area contributed by atoms with E-state index >= 15 is 0 Å². The lowest BCUT2D eigenvalue weighted by Crippen LogP contribution is -2.27. The first-order valence-electron chi connectivity index (χ1n) is 4.84. The van der Waals surface area contributed by atoms with Crippen LogP contribution in [0, 0.1) is 0 Å². The Labute approximate surface area is 93.9 Å². The molecular weight excluding hydrogens is 210 g/mol. The molecule has 0 unspecified atom stereocenters. The van der Waals surface area contributed by atoms with E-state index in [4.69, 9.17) is 5.73 Å². The maximum absolute atomic E-state index is 10.5. The molecule has 1 rings (SSSR count). The van der Waals surface area contributed by atoms with Crippen molar-refractivity contribution in [3.63, 3.8) is 0 Å². The Kier molecular flexibility index (Phi) is 3.82.